The van der Waals surface area contributed by atoms with E-state index < -0.39 is 0 Å². The molecular formula is C22H28FN7O. The molecule has 0 aromatic carbocycles. The summed E-state index contributed by atoms with van der Waals surface area (Å²) in [5, 5.41) is 6.92. The zero-order valence-corrected chi connectivity index (χ0v) is 17.6. The number of nitrogens with one attached hydrogen (secondary N) is 2. The molecule has 2 saturated heterocycles. The van der Waals surface area contributed by atoms with E-state index in [0.717, 1.165) is 45.6 Å². The van der Waals surface area contributed by atoms with Crippen molar-refractivity contribution in [3.63, 3.8) is 0 Å². The van der Waals surface area contributed by atoms with Crippen LogP contribution in [-0.4, -0.2) is 69.6 Å². The zero-order chi connectivity index (χ0) is 21.0. The van der Waals surface area contributed by atoms with Gasteiger partial charge in [0.2, 0.25) is 5.88 Å². The van der Waals surface area contributed by atoms with Crippen LogP contribution in [0.4, 0.5) is 10.2 Å². The maximum Gasteiger partial charge on any atom is 0.219 e. The summed E-state index contributed by atoms with van der Waals surface area (Å²) in [6.07, 6.45) is 7.79. The fourth-order valence-electron chi connectivity index (χ4n) is 4.28. The van der Waals surface area contributed by atoms with Crippen LogP contribution in [-0.2, 0) is 0 Å². The van der Waals surface area contributed by atoms with Gasteiger partial charge in [-0.25, -0.2) is 14.4 Å². The zero-order valence-electron chi connectivity index (χ0n) is 17.6. The van der Waals surface area contributed by atoms with Crippen LogP contribution >= 0.6 is 0 Å². The predicted octanol–water partition coefficient (Wildman–Crippen LogP) is 2.57. The molecule has 0 amide bonds. The van der Waals surface area contributed by atoms with Gasteiger partial charge in [-0.05, 0) is 57.5 Å². The Balaban J connectivity index is 1.42. The minimum absolute atomic E-state index is 0.300. The van der Waals surface area contributed by atoms with Crippen molar-refractivity contribution >= 4 is 11.5 Å². The van der Waals surface area contributed by atoms with E-state index in [9.17, 15) is 4.39 Å². The molecule has 2 aliphatic rings. The first-order chi connectivity index (χ1) is 15.2. The van der Waals surface area contributed by atoms with E-state index in [4.69, 9.17) is 9.72 Å². The Bertz CT molecular complexity index is 1030. The van der Waals surface area contributed by atoms with Crippen molar-refractivity contribution in [2.75, 3.05) is 44.6 Å². The molecular weight excluding hydrogens is 397 g/mol. The molecule has 31 heavy (non-hydrogen) atoms. The number of hydrogen-bond acceptors (Lipinski definition) is 7. The molecule has 2 fully saturated rings. The predicted molar refractivity (Wildman–Crippen MR) is 117 cm³/mol. The monoisotopic (exact) mass is 425 g/mol. The summed E-state index contributed by atoms with van der Waals surface area (Å²) >= 11 is 0. The van der Waals surface area contributed by atoms with Crippen molar-refractivity contribution in [1.29, 1.82) is 0 Å². The molecule has 2 aliphatic heterocycles. The smallest absolute Gasteiger partial charge is 0.219 e. The van der Waals surface area contributed by atoms with Crippen LogP contribution in [0.15, 0.2) is 30.6 Å². The molecule has 0 spiro atoms. The third-order valence-electron chi connectivity index (χ3n) is 5.91. The second kappa shape index (κ2) is 9.15. The van der Waals surface area contributed by atoms with Gasteiger partial charge in [-0.2, -0.15) is 4.98 Å². The van der Waals surface area contributed by atoms with Crippen molar-refractivity contribution in [3.8, 4) is 17.4 Å². The lowest BCUT2D eigenvalue weighted by Crippen LogP contribution is -2.38. The summed E-state index contributed by atoms with van der Waals surface area (Å²) in [5.41, 5.74) is 1.27. The highest BCUT2D eigenvalue weighted by Gasteiger charge is 2.18. The molecule has 3 aromatic rings. The number of anilines is 1. The minimum atomic E-state index is -0.337. The summed E-state index contributed by atoms with van der Waals surface area (Å²) in [5.74, 6) is 1.35. The molecule has 5 rings (SSSR count). The normalized spacial score (nSPS) is 19.7. The van der Waals surface area contributed by atoms with Crippen molar-refractivity contribution < 1.29 is 9.13 Å². The number of aromatic nitrogens is 4. The summed E-state index contributed by atoms with van der Waals surface area (Å²) in [7, 11) is 0. The molecule has 164 valence electrons. The fraction of sp³-hybridized carbons (Fsp3) is 0.500. The van der Waals surface area contributed by atoms with Crippen LogP contribution in [0, 0.1) is 5.82 Å². The molecule has 9 heteroatoms. The van der Waals surface area contributed by atoms with E-state index >= 15 is 0 Å². The van der Waals surface area contributed by atoms with Gasteiger partial charge in [0.25, 0.3) is 0 Å². The minimum Gasteiger partial charge on any atom is -0.476 e. The Hall–Kier alpha value is -2.78. The Morgan fingerprint density at radius 2 is 2.10 bits per heavy atom. The highest BCUT2D eigenvalue weighted by molar-refractivity contribution is 5.59. The average Bonchev–Trinajstić information content (AvgIpc) is 3.44. The molecule has 8 nitrogen and oxygen atoms in total. The van der Waals surface area contributed by atoms with Gasteiger partial charge in [-0.3, -0.25) is 9.30 Å². The first-order valence-electron chi connectivity index (χ1n) is 11.1. The average molecular weight is 426 g/mol. The molecule has 1 atom stereocenters. The number of likely N-dealkylation sites (tertiary alicyclic amines) is 1. The van der Waals surface area contributed by atoms with Crippen LogP contribution in [0.3, 0.4) is 0 Å². The van der Waals surface area contributed by atoms with Crippen molar-refractivity contribution in [2.24, 2.45) is 0 Å². The molecule has 0 radical (unpaired) electrons. The van der Waals surface area contributed by atoms with E-state index in [1.807, 2.05) is 6.07 Å². The molecule has 0 aliphatic carbocycles. The summed E-state index contributed by atoms with van der Waals surface area (Å²) < 4.78 is 21.5. The van der Waals surface area contributed by atoms with Gasteiger partial charge in [0.1, 0.15) is 29.6 Å². The summed E-state index contributed by atoms with van der Waals surface area (Å²) in [4.78, 5) is 16.1. The first kappa shape index (κ1) is 20.1. The maximum atomic E-state index is 13.9. The number of halogens is 1. The lowest BCUT2D eigenvalue weighted by Gasteiger charge is -2.24. The van der Waals surface area contributed by atoms with Crippen LogP contribution in [0.25, 0.3) is 17.2 Å². The number of hydrogen-bond donors (Lipinski definition) is 2. The van der Waals surface area contributed by atoms with E-state index in [1.165, 1.54) is 25.1 Å². The molecule has 2 N–H and O–H groups in total. The number of piperidine rings is 1. The van der Waals surface area contributed by atoms with E-state index in [1.54, 1.807) is 16.7 Å². The number of rotatable bonds is 7. The number of ether oxygens (including phenoxy) is 1. The number of pyridine rings is 1. The number of imidazole rings is 1. The van der Waals surface area contributed by atoms with Gasteiger partial charge < -0.3 is 15.4 Å². The topological polar surface area (TPSA) is 79.6 Å². The van der Waals surface area contributed by atoms with Crippen LogP contribution in [0.5, 0.6) is 5.88 Å². The van der Waals surface area contributed by atoms with E-state index in [2.05, 4.69) is 25.5 Å². The Morgan fingerprint density at radius 1 is 1.19 bits per heavy atom. The van der Waals surface area contributed by atoms with Crippen LogP contribution < -0.4 is 15.4 Å². The Labute approximate surface area is 180 Å². The number of fused-ring (bicyclic) bond motifs is 1. The van der Waals surface area contributed by atoms with Gasteiger partial charge in [0.15, 0.2) is 5.82 Å². The van der Waals surface area contributed by atoms with Crippen LogP contribution in [0.2, 0.25) is 0 Å². The molecule has 5 heterocycles. The van der Waals surface area contributed by atoms with Gasteiger partial charge in [0.05, 0.1) is 6.20 Å². The highest BCUT2D eigenvalue weighted by Crippen LogP contribution is 2.24. The molecule has 0 unspecified atom stereocenters. The van der Waals surface area contributed by atoms with Crippen molar-refractivity contribution in [3.05, 3.63) is 36.4 Å². The molecule has 0 saturated carbocycles. The second-order valence-corrected chi connectivity index (χ2v) is 8.22. The van der Waals surface area contributed by atoms with Crippen molar-refractivity contribution in [1.82, 2.24) is 29.6 Å². The third-order valence-corrected chi connectivity index (χ3v) is 5.91. The maximum absolute atomic E-state index is 13.9. The lowest BCUT2D eigenvalue weighted by atomic mass is 10.1. The van der Waals surface area contributed by atoms with E-state index in [0.29, 0.717) is 41.5 Å². The van der Waals surface area contributed by atoms with Crippen molar-refractivity contribution in [2.45, 2.75) is 31.7 Å². The van der Waals surface area contributed by atoms with Gasteiger partial charge in [-0.15, -0.1) is 0 Å². The summed E-state index contributed by atoms with van der Waals surface area (Å²) in [6, 6.07) is 5.19. The molecule has 0 bridgehead atoms. The Morgan fingerprint density at radius 3 is 2.94 bits per heavy atom. The van der Waals surface area contributed by atoms with Crippen LogP contribution in [0.1, 0.15) is 25.7 Å². The quantitative estimate of drug-likeness (QED) is 0.602. The SMILES string of the molecule is Fc1ccc2ncc(-c3nc(N[C@@H]4CCCNC4)cc(OCCN4CCCC4)n3)n2c1. The van der Waals surface area contributed by atoms with Gasteiger partial charge >= 0.3 is 0 Å². The first-order valence-corrected chi connectivity index (χ1v) is 11.1. The number of nitrogens with zero attached hydrogens (tertiary/aromatic N) is 5. The standard InChI is InChI=1S/C22H28FN7O/c23-16-5-6-20-25-14-18(30(20)15-16)22-27-19(26-17-4-3-7-24-13-17)12-21(28-22)31-11-10-29-8-1-2-9-29/h5-6,12,14-15,17,24H,1-4,7-11,13H2,(H,26,27,28)/t17-/m1/s1. The van der Waals surface area contributed by atoms with Gasteiger partial charge in [0, 0.05) is 31.4 Å². The third kappa shape index (κ3) is 4.77. The highest BCUT2D eigenvalue weighted by atomic mass is 19.1. The largest absolute Gasteiger partial charge is 0.476 e. The Kier molecular flexibility index (Phi) is 5.95. The second-order valence-electron chi connectivity index (χ2n) is 8.22. The van der Waals surface area contributed by atoms with E-state index in [-0.39, 0.29) is 5.82 Å². The fourth-order valence-corrected chi connectivity index (χ4v) is 4.28. The lowest BCUT2D eigenvalue weighted by molar-refractivity contribution is 0.232. The van der Waals surface area contributed by atoms with Gasteiger partial charge in [-0.1, -0.05) is 0 Å². The molecule has 3 aromatic heterocycles. The summed E-state index contributed by atoms with van der Waals surface area (Å²) in [6.45, 7) is 5.66.